The lowest BCUT2D eigenvalue weighted by Crippen LogP contribution is -2.44. The molecule has 0 saturated heterocycles. The maximum atomic E-state index is 12.3. The number of amides is 1. The number of nitrogens with two attached hydrogens (primary N) is 1. The van der Waals surface area contributed by atoms with Crippen molar-refractivity contribution in [2.75, 3.05) is 6.54 Å². The second-order valence-corrected chi connectivity index (χ2v) is 6.21. The molecule has 1 aromatic carbocycles. The van der Waals surface area contributed by atoms with Crippen molar-refractivity contribution in [3.63, 3.8) is 0 Å². The first-order valence-electron chi connectivity index (χ1n) is 8.02. The number of hydrogen-bond donors (Lipinski definition) is 2. The molecule has 2 aliphatic rings. The Morgan fingerprint density at radius 3 is 2.90 bits per heavy atom. The Balaban J connectivity index is 1.50. The van der Waals surface area contributed by atoms with Gasteiger partial charge in [-0.1, -0.05) is 37.5 Å². The third-order valence-corrected chi connectivity index (χ3v) is 4.62. The minimum Gasteiger partial charge on any atom is -0.488 e. The van der Waals surface area contributed by atoms with Gasteiger partial charge < -0.3 is 15.8 Å². The molecular formula is C17H24N2O2. The molecule has 0 spiro atoms. The van der Waals surface area contributed by atoms with Gasteiger partial charge in [0, 0.05) is 12.5 Å². The monoisotopic (exact) mass is 288 g/mol. The van der Waals surface area contributed by atoms with Crippen molar-refractivity contribution in [1.82, 2.24) is 5.32 Å². The molecule has 3 rings (SSSR count). The van der Waals surface area contributed by atoms with Crippen LogP contribution in [0.25, 0.3) is 0 Å². The number of ether oxygens (including phenoxy) is 1. The Labute approximate surface area is 126 Å². The van der Waals surface area contributed by atoms with E-state index in [2.05, 4.69) is 11.4 Å². The fourth-order valence-electron chi connectivity index (χ4n) is 3.38. The predicted molar refractivity (Wildman–Crippen MR) is 82.1 cm³/mol. The van der Waals surface area contributed by atoms with Gasteiger partial charge >= 0.3 is 0 Å². The lowest BCUT2D eigenvalue weighted by atomic mass is 9.94. The van der Waals surface area contributed by atoms with Crippen LogP contribution in [-0.2, 0) is 11.2 Å². The number of nitrogens with one attached hydrogen (secondary N) is 1. The maximum Gasteiger partial charge on any atom is 0.224 e. The minimum absolute atomic E-state index is 0.00851. The van der Waals surface area contributed by atoms with Crippen molar-refractivity contribution in [3.8, 4) is 5.75 Å². The molecule has 3 N–H and O–H groups in total. The van der Waals surface area contributed by atoms with E-state index in [1.807, 2.05) is 18.2 Å². The summed E-state index contributed by atoms with van der Waals surface area (Å²) >= 11 is 0. The number of rotatable bonds is 3. The Morgan fingerprint density at radius 2 is 2.05 bits per heavy atom. The van der Waals surface area contributed by atoms with Crippen LogP contribution in [0.1, 0.15) is 37.7 Å². The highest BCUT2D eigenvalue weighted by Crippen LogP contribution is 2.28. The smallest absolute Gasteiger partial charge is 0.224 e. The van der Waals surface area contributed by atoms with E-state index in [4.69, 9.17) is 10.5 Å². The first kappa shape index (κ1) is 14.4. The first-order valence-corrected chi connectivity index (χ1v) is 8.02. The molecule has 1 fully saturated rings. The molecule has 3 unspecified atom stereocenters. The van der Waals surface area contributed by atoms with E-state index in [1.54, 1.807) is 0 Å². The van der Waals surface area contributed by atoms with Crippen molar-refractivity contribution < 1.29 is 9.53 Å². The third kappa shape index (κ3) is 3.38. The van der Waals surface area contributed by atoms with Crippen LogP contribution in [-0.4, -0.2) is 24.6 Å². The minimum atomic E-state index is -0.0312. The predicted octanol–water partition coefficient (Wildman–Crippen LogP) is 2.01. The molecule has 1 heterocycles. The van der Waals surface area contributed by atoms with Crippen LogP contribution >= 0.6 is 0 Å². The van der Waals surface area contributed by atoms with Crippen LogP contribution in [0.2, 0.25) is 0 Å². The fourth-order valence-corrected chi connectivity index (χ4v) is 3.38. The Hall–Kier alpha value is -1.55. The standard InChI is InChI=1S/C17H24N2O2/c18-15-8-3-1-2-7-14(15)17(20)19-11-13-10-12-6-4-5-9-16(12)21-13/h4-6,9,13-15H,1-3,7-8,10-11,18H2,(H,19,20). The van der Waals surface area contributed by atoms with E-state index in [0.29, 0.717) is 6.54 Å². The molecule has 0 radical (unpaired) electrons. The lowest BCUT2D eigenvalue weighted by molar-refractivity contribution is -0.126. The van der Waals surface area contributed by atoms with Crippen molar-refractivity contribution in [2.45, 2.75) is 50.7 Å². The van der Waals surface area contributed by atoms with Crippen LogP contribution in [0.15, 0.2) is 24.3 Å². The summed E-state index contributed by atoms with van der Waals surface area (Å²) < 4.78 is 5.85. The largest absolute Gasteiger partial charge is 0.488 e. The van der Waals surface area contributed by atoms with Gasteiger partial charge in [-0.2, -0.15) is 0 Å². The molecule has 1 saturated carbocycles. The summed E-state index contributed by atoms with van der Waals surface area (Å²) in [5.41, 5.74) is 7.37. The molecular weight excluding hydrogens is 264 g/mol. The average molecular weight is 288 g/mol. The third-order valence-electron chi connectivity index (χ3n) is 4.62. The quantitative estimate of drug-likeness (QED) is 0.836. The van der Waals surface area contributed by atoms with Gasteiger partial charge in [-0.3, -0.25) is 4.79 Å². The van der Waals surface area contributed by atoms with E-state index in [9.17, 15) is 4.79 Å². The van der Waals surface area contributed by atoms with Crippen molar-refractivity contribution in [2.24, 2.45) is 11.7 Å². The number of fused-ring (bicyclic) bond motifs is 1. The number of para-hydroxylation sites is 1. The highest BCUT2D eigenvalue weighted by atomic mass is 16.5. The number of benzene rings is 1. The summed E-state index contributed by atoms with van der Waals surface area (Å²) in [4.78, 5) is 12.3. The fraction of sp³-hybridized carbons (Fsp3) is 0.588. The van der Waals surface area contributed by atoms with E-state index in [-0.39, 0.29) is 24.0 Å². The average Bonchev–Trinajstić information content (AvgIpc) is 2.79. The molecule has 1 aromatic rings. The Morgan fingerprint density at radius 1 is 1.24 bits per heavy atom. The van der Waals surface area contributed by atoms with E-state index >= 15 is 0 Å². The van der Waals surface area contributed by atoms with E-state index in [0.717, 1.165) is 37.9 Å². The van der Waals surface area contributed by atoms with Crippen LogP contribution in [0.5, 0.6) is 5.75 Å². The van der Waals surface area contributed by atoms with Gasteiger partial charge in [0.1, 0.15) is 11.9 Å². The zero-order valence-corrected chi connectivity index (χ0v) is 12.4. The number of carbonyl (C=O) groups excluding carboxylic acids is 1. The van der Waals surface area contributed by atoms with Gasteiger partial charge in [0.2, 0.25) is 5.91 Å². The van der Waals surface area contributed by atoms with Gasteiger partial charge in [-0.15, -0.1) is 0 Å². The highest BCUT2D eigenvalue weighted by Gasteiger charge is 2.28. The summed E-state index contributed by atoms with van der Waals surface area (Å²) in [6.45, 7) is 0.566. The molecule has 4 nitrogen and oxygen atoms in total. The second kappa shape index (κ2) is 6.48. The molecule has 4 heteroatoms. The molecule has 0 bridgehead atoms. The molecule has 3 atom stereocenters. The summed E-state index contributed by atoms with van der Waals surface area (Å²) in [6, 6.07) is 8.07. The molecule has 1 aliphatic carbocycles. The molecule has 0 aromatic heterocycles. The molecule has 114 valence electrons. The zero-order chi connectivity index (χ0) is 14.7. The van der Waals surface area contributed by atoms with Gasteiger partial charge in [0.05, 0.1) is 12.5 Å². The Bertz CT molecular complexity index is 478. The van der Waals surface area contributed by atoms with Gasteiger partial charge in [-0.25, -0.2) is 0 Å². The Kier molecular flexibility index (Phi) is 4.44. The topological polar surface area (TPSA) is 64.4 Å². The van der Waals surface area contributed by atoms with Crippen LogP contribution in [0.3, 0.4) is 0 Å². The van der Waals surface area contributed by atoms with E-state index in [1.165, 1.54) is 12.0 Å². The van der Waals surface area contributed by atoms with Crippen LogP contribution in [0.4, 0.5) is 0 Å². The summed E-state index contributed by atoms with van der Waals surface area (Å²) in [7, 11) is 0. The maximum absolute atomic E-state index is 12.3. The zero-order valence-electron chi connectivity index (χ0n) is 12.4. The summed E-state index contributed by atoms with van der Waals surface area (Å²) in [6.07, 6.45) is 6.24. The SMILES string of the molecule is NC1CCCCCC1C(=O)NCC1Cc2ccccc2O1. The van der Waals surface area contributed by atoms with Crippen molar-refractivity contribution in [1.29, 1.82) is 0 Å². The van der Waals surface area contributed by atoms with Crippen molar-refractivity contribution in [3.05, 3.63) is 29.8 Å². The second-order valence-electron chi connectivity index (χ2n) is 6.21. The normalized spacial score (nSPS) is 28.3. The van der Waals surface area contributed by atoms with Crippen LogP contribution in [0, 0.1) is 5.92 Å². The number of hydrogen-bond acceptors (Lipinski definition) is 3. The highest BCUT2D eigenvalue weighted by molar-refractivity contribution is 5.79. The molecule has 1 amide bonds. The van der Waals surface area contributed by atoms with E-state index < -0.39 is 0 Å². The van der Waals surface area contributed by atoms with Crippen LogP contribution < -0.4 is 15.8 Å². The first-order chi connectivity index (χ1) is 10.2. The molecule has 21 heavy (non-hydrogen) atoms. The van der Waals surface area contributed by atoms with Gasteiger partial charge in [0.25, 0.3) is 0 Å². The lowest BCUT2D eigenvalue weighted by Gasteiger charge is -2.21. The van der Waals surface area contributed by atoms with Crippen molar-refractivity contribution >= 4 is 5.91 Å². The van der Waals surface area contributed by atoms with Gasteiger partial charge in [-0.05, 0) is 24.5 Å². The summed E-state index contributed by atoms with van der Waals surface area (Å²) in [5.74, 6) is 1.02. The number of carbonyl (C=O) groups is 1. The summed E-state index contributed by atoms with van der Waals surface area (Å²) in [5, 5.41) is 3.04. The molecule has 1 aliphatic heterocycles. The van der Waals surface area contributed by atoms with Gasteiger partial charge in [0.15, 0.2) is 0 Å².